The number of halogens is 1. The first kappa shape index (κ1) is 11.0. The fraction of sp³-hybridized carbons (Fsp3) is 0.500. The third kappa shape index (κ3) is 3.35. The molecule has 0 aromatic carbocycles. The first-order chi connectivity index (χ1) is 6.38. The quantitative estimate of drug-likeness (QED) is 0.699. The van der Waals surface area contributed by atoms with Crippen molar-refractivity contribution < 1.29 is 5.11 Å². The fourth-order valence-corrected chi connectivity index (χ4v) is 0.963. The summed E-state index contributed by atoms with van der Waals surface area (Å²) in [7, 11) is 0. The average Bonchev–Trinajstić information content (AvgIpc) is 2.05. The van der Waals surface area contributed by atoms with Gasteiger partial charge in [-0.1, -0.05) is 11.6 Å². The lowest BCUT2D eigenvalue weighted by Gasteiger charge is -2.18. The minimum absolute atomic E-state index is 0.146. The summed E-state index contributed by atoms with van der Waals surface area (Å²) in [5, 5.41) is 12.7. The summed E-state index contributed by atoms with van der Waals surface area (Å²) < 4.78 is 0. The molecule has 0 saturated carbocycles. The molecule has 0 unspecified atom stereocenters. The lowest BCUT2D eigenvalue weighted by molar-refractivity contribution is 0.0944. The Bertz CT molecular complexity index is 324. The second-order valence-corrected chi connectivity index (χ2v) is 4.00. The van der Waals surface area contributed by atoms with Crippen molar-refractivity contribution in [3.63, 3.8) is 0 Å². The third-order valence-electron chi connectivity index (χ3n) is 1.45. The van der Waals surface area contributed by atoms with Crippen molar-refractivity contribution in [1.82, 2.24) is 9.97 Å². The lowest BCUT2D eigenvalue weighted by atomic mass is 10.1. The van der Waals surface area contributed by atoms with Gasteiger partial charge in [0.2, 0.25) is 5.95 Å². The maximum atomic E-state index is 9.46. The van der Waals surface area contributed by atoms with E-state index in [1.165, 1.54) is 6.20 Å². The van der Waals surface area contributed by atoms with Crippen molar-refractivity contribution in [2.24, 2.45) is 0 Å². The number of hydrogen-bond acceptors (Lipinski definition) is 5. The van der Waals surface area contributed by atoms with Gasteiger partial charge < -0.3 is 16.2 Å². The van der Waals surface area contributed by atoms with Crippen molar-refractivity contribution in [3.8, 4) is 0 Å². The van der Waals surface area contributed by atoms with Crippen molar-refractivity contribution in [3.05, 3.63) is 11.2 Å². The van der Waals surface area contributed by atoms with Crippen LogP contribution in [0.3, 0.4) is 0 Å². The van der Waals surface area contributed by atoms with Gasteiger partial charge >= 0.3 is 0 Å². The molecule has 0 aliphatic carbocycles. The van der Waals surface area contributed by atoms with E-state index in [0.717, 1.165) is 0 Å². The van der Waals surface area contributed by atoms with Crippen LogP contribution in [-0.2, 0) is 0 Å². The highest BCUT2D eigenvalue weighted by Gasteiger charge is 2.13. The topological polar surface area (TPSA) is 84.1 Å². The molecule has 0 saturated heterocycles. The first-order valence-electron chi connectivity index (χ1n) is 4.13. The molecule has 0 spiro atoms. The van der Waals surface area contributed by atoms with Crippen LogP contribution in [0.1, 0.15) is 13.8 Å². The molecule has 5 nitrogen and oxygen atoms in total. The van der Waals surface area contributed by atoms with E-state index in [0.29, 0.717) is 17.4 Å². The molecule has 1 aromatic rings. The molecule has 0 aliphatic rings. The molecule has 1 rings (SSSR count). The summed E-state index contributed by atoms with van der Waals surface area (Å²) in [6.45, 7) is 3.69. The van der Waals surface area contributed by atoms with Gasteiger partial charge in [-0.3, -0.25) is 0 Å². The number of nitrogens with two attached hydrogens (primary N) is 1. The predicted octanol–water partition coefficient (Wildman–Crippen LogP) is 0.895. The number of nitrogens with one attached hydrogen (secondary N) is 1. The van der Waals surface area contributed by atoms with Gasteiger partial charge in [-0.15, -0.1) is 0 Å². The standard InChI is InChI=1S/C8H13ClN4O/c1-8(2,14)4-12-6-5(9)3-11-7(10)13-6/h3,14H,4H2,1-2H3,(H3,10,11,12,13). The molecule has 0 fully saturated rings. The summed E-state index contributed by atoms with van der Waals surface area (Å²) in [5.74, 6) is 0.578. The van der Waals surface area contributed by atoms with Gasteiger partial charge in [-0.25, -0.2) is 4.98 Å². The van der Waals surface area contributed by atoms with Crippen LogP contribution in [0.2, 0.25) is 5.02 Å². The van der Waals surface area contributed by atoms with Crippen LogP contribution in [0.5, 0.6) is 0 Å². The van der Waals surface area contributed by atoms with E-state index in [9.17, 15) is 5.11 Å². The minimum Gasteiger partial charge on any atom is -0.389 e. The zero-order valence-electron chi connectivity index (χ0n) is 8.08. The van der Waals surface area contributed by atoms with Gasteiger partial charge in [0.15, 0.2) is 5.82 Å². The van der Waals surface area contributed by atoms with Crippen LogP contribution < -0.4 is 11.1 Å². The highest BCUT2D eigenvalue weighted by Crippen LogP contribution is 2.18. The lowest BCUT2D eigenvalue weighted by Crippen LogP contribution is -2.29. The Morgan fingerprint density at radius 3 is 2.86 bits per heavy atom. The molecule has 14 heavy (non-hydrogen) atoms. The van der Waals surface area contributed by atoms with E-state index in [1.54, 1.807) is 13.8 Å². The first-order valence-corrected chi connectivity index (χ1v) is 4.50. The van der Waals surface area contributed by atoms with Crippen LogP contribution in [0, 0.1) is 0 Å². The Hall–Kier alpha value is -1.07. The predicted molar refractivity (Wildman–Crippen MR) is 56.2 cm³/mol. The molecular formula is C8H13ClN4O. The van der Waals surface area contributed by atoms with Crippen molar-refractivity contribution in [1.29, 1.82) is 0 Å². The molecule has 4 N–H and O–H groups in total. The van der Waals surface area contributed by atoms with Gasteiger partial charge in [-0.05, 0) is 13.8 Å². The van der Waals surface area contributed by atoms with Crippen LogP contribution in [0.15, 0.2) is 6.20 Å². The molecule has 0 atom stereocenters. The molecule has 78 valence electrons. The van der Waals surface area contributed by atoms with Gasteiger partial charge in [0.1, 0.15) is 5.02 Å². The summed E-state index contributed by atoms with van der Waals surface area (Å²) in [4.78, 5) is 7.60. The molecular weight excluding hydrogens is 204 g/mol. The van der Waals surface area contributed by atoms with Gasteiger partial charge in [0.05, 0.1) is 11.8 Å². The van der Waals surface area contributed by atoms with Crippen LogP contribution in [0.4, 0.5) is 11.8 Å². The summed E-state index contributed by atoms with van der Waals surface area (Å²) in [6, 6.07) is 0. The van der Waals surface area contributed by atoms with E-state index in [2.05, 4.69) is 15.3 Å². The van der Waals surface area contributed by atoms with Crippen molar-refractivity contribution in [2.75, 3.05) is 17.6 Å². The SMILES string of the molecule is CC(C)(O)CNc1nc(N)ncc1Cl. The van der Waals surface area contributed by atoms with Gasteiger partial charge in [-0.2, -0.15) is 4.98 Å². The molecule has 6 heteroatoms. The van der Waals surface area contributed by atoms with Crippen LogP contribution >= 0.6 is 11.6 Å². The van der Waals surface area contributed by atoms with Crippen LogP contribution in [-0.4, -0.2) is 27.2 Å². The Morgan fingerprint density at radius 1 is 1.64 bits per heavy atom. The Balaban J connectivity index is 2.72. The third-order valence-corrected chi connectivity index (χ3v) is 1.73. The van der Waals surface area contributed by atoms with E-state index in [-0.39, 0.29) is 5.95 Å². The molecule has 1 aromatic heterocycles. The second kappa shape index (κ2) is 3.98. The zero-order chi connectivity index (χ0) is 10.8. The second-order valence-electron chi connectivity index (χ2n) is 3.59. The van der Waals surface area contributed by atoms with Gasteiger partial charge in [0.25, 0.3) is 0 Å². The van der Waals surface area contributed by atoms with Crippen molar-refractivity contribution >= 4 is 23.4 Å². The molecule has 0 radical (unpaired) electrons. The maximum absolute atomic E-state index is 9.46. The summed E-state index contributed by atoms with van der Waals surface area (Å²) >= 11 is 5.80. The van der Waals surface area contributed by atoms with Gasteiger partial charge in [0, 0.05) is 6.54 Å². The molecule has 0 bridgehead atoms. The average molecular weight is 217 g/mol. The van der Waals surface area contributed by atoms with E-state index < -0.39 is 5.60 Å². The van der Waals surface area contributed by atoms with E-state index in [4.69, 9.17) is 17.3 Å². The largest absolute Gasteiger partial charge is 0.389 e. The monoisotopic (exact) mass is 216 g/mol. The highest BCUT2D eigenvalue weighted by molar-refractivity contribution is 6.32. The number of aliphatic hydroxyl groups is 1. The van der Waals surface area contributed by atoms with Crippen LogP contribution in [0.25, 0.3) is 0 Å². The number of rotatable bonds is 3. The Labute approximate surface area is 87.3 Å². The van der Waals surface area contributed by atoms with E-state index in [1.807, 2.05) is 0 Å². The normalized spacial score (nSPS) is 11.4. The fourth-order valence-electron chi connectivity index (χ4n) is 0.805. The van der Waals surface area contributed by atoms with Crippen molar-refractivity contribution in [2.45, 2.75) is 19.4 Å². The zero-order valence-corrected chi connectivity index (χ0v) is 8.84. The minimum atomic E-state index is -0.830. The summed E-state index contributed by atoms with van der Waals surface area (Å²) in [6.07, 6.45) is 1.41. The smallest absolute Gasteiger partial charge is 0.222 e. The highest BCUT2D eigenvalue weighted by atomic mass is 35.5. The molecule has 1 heterocycles. The number of nitrogens with zero attached hydrogens (tertiary/aromatic N) is 2. The maximum Gasteiger partial charge on any atom is 0.222 e. The van der Waals surface area contributed by atoms with E-state index >= 15 is 0 Å². The molecule has 0 aliphatic heterocycles. The molecule has 0 amide bonds. The Morgan fingerprint density at radius 2 is 2.29 bits per heavy atom. The number of hydrogen-bond donors (Lipinski definition) is 3. The number of anilines is 2. The Kier molecular flexibility index (Phi) is 3.13. The summed E-state index contributed by atoms with van der Waals surface area (Å²) in [5.41, 5.74) is 4.55. The number of nitrogen functional groups attached to an aromatic ring is 1. The number of aromatic nitrogens is 2.